The number of pyridine rings is 1. The zero-order chi connectivity index (χ0) is 24.4. The number of nitrogens with one attached hydrogen (secondary N) is 1. The Morgan fingerprint density at radius 1 is 1.00 bits per heavy atom. The van der Waals surface area contributed by atoms with Gasteiger partial charge in [-0.15, -0.1) is 0 Å². The van der Waals surface area contributed by atoms with Gasteiger partial charge in [0.1, 0.15) is 18.1 Å². The zero-order valence-corrected chi connectivity index (χ0v) is 18.7. The SMILES string of the molecule is O=C(Nc1cccc(C(=O)N2CCOCC2C(=O)O)n1)OCC1c2ccccc2-c2ccccc21. The molecule has 35 heavy (non-hydrogen) atoms. The van der Waals surface area contributed by atoms with E-state index in [1.807, 2.05) is 36.4 Å². The van der Waals surface area contributed by atoms with Gasteiger partial charge in [0.25, 0.3) is 5.91 Å². The summed E-state index contributed by atoms with van der Waals surface area (Å²) in [6, 6.07) is 19.6. The summed E-state index contributed by atoms with van der Waals surface area (Å²) >= 11 is 0. The first-order valence-corrected chi connectivity index (χ1v) is 11.2. The van der Waals surface area contributed by atoms with Gasteiger partial charge in [-0.05, 0) is 34.4 Å². The van der Waals surface area contributed by atoms with Gasteiger partial charge < -0.3 is 19.5 Å². The molecule has 3 aromatic rings. The summed E-state index contributed by atoms with van der Waals surface area (Å²) in [5.74, 6) is -1.64. The fourth-order valence-corrected chi connectivity index (χ4v) is 4.56. The zero-order valence-electron chi connectivity index (χ0n) is 18.7. The van der Waals surface area contributed by atoms with E-state index in [4.69, 9.17) is 9.47 Å². The van der Waals surface area contributed by atoms with Gasteiger partial charge in [-0.2, -0.15) is 0 Å². The molecule has 2 N–H and O–H groups in total. The van der Waals surface area contributed by atoms with Crippen LogP contribution in [-0.2, 0) is 14.3 Å². The summed E-state index contributed by atoms with van der Waals surface area (Å²) < 4.78 is 10.7. The maximum absolute atomic E-state index is 12.9. The molecule has 9 heteroatoms. The summed E-state index contributed by atoms with van der Waals surface area (Å²) in [7, 11) is 0. The molecule has 2 aliphatic rings. The van der Waals surface area contributed by atoms with Crippen molar-refractivity contribution in [1.82, 2.24) is 9.88 Å². The molecule has 0 radical (unpaired) electrons. The second kappa shape index (κ2) is 9.55. The molecule has 1 aromatic heterocycles. The van der Waals surface area contributed by atoms with Crippen molar-refractivity contribution in [3.05, 3.63) is 83.6 Å². The summed E-state index contributed by atoms with van der Waals surface area (Å²) in [4.78, 5) is 42.3. The smallest absolute Gasteiger partial charge is 0.412 e. The molecule has 1 fully saturated rings. The van der Waals surface area contributed by atoms with E-state index >= 15 is 0 Å². The lowest BCUT2D eigenvalue weighted by molar-refractivity contribution is -0.147. The van der Waals surface area contributed by atoms with Crippen molar-refractivity contribution in [3.63, 3.8) is 0 Å². The van der Waals surface area contributed by atoms with E-state index in [1.54, 1.807) is 6.07 Å². The van der Waals surface area contributed by atoms with Gasteiger partial charge in [-0.25, -0.2) is 14.6 Å². The van der Waals surface area contributed by atoms with Gasteiger partial charge >= 0.3 is 12.1 Å². The van der Waals surface area contributed by atoms with Crippen molar-refractivity contribution in [1.29, 1.82) is 0 Å². The molecule has 0 bridgehead atoms. The summed E-state index contributed by atoms with van der Waals surface area (Å²) in [6.45, 7) is 0.444. The number of carbonyl (C=O) groups excluding carboxylic acids is 2. The molecule has 0 spiro atoms. The average Bonchev–Trinajstić information content (AvgIpc) is 3.21. The van der Waals surface area contributed by atoms with Gasteiger partial charge in [-0.1, -0.05) is 54.6 Å². The Hall–Kier alpha value is -4.24. The van der Waals surface area contributed by atoms with Crippen molar-refractivity contribution in [3.8, 4) is 11.1 Å². The van der Waals surface area contributed by atoms with Gasteiger partial charge in [0, 0.05) is 12.5 Å². The molecule has 0 saturated carbocycles. The van der Waals surface area contributed by atoms with Gasteiger partial charge in [-0.3, -0.25) is 10.1 Å². The number of benzene rings is 2. The van der Waals surface area contributed by atoms with Crippen LogP contribution >= 0.6 is 0 Å². The van der Waals surface area contributed by atoms with Gasteiger partial charge in [0.15, 0.2) is 6.04 Å². The van der Waals surface area contributed by atoms with E-state index in [0.29, 0.717) is 0 Å². The molecular formula is C26H23N3O6. The highest BCUT2D eigenvalue weighted by Gasteiger charge is 2.34. The predicted octanol–water partition coefficient (Wildman–Crippen LogP) is 3.37. The standard InChI is InChI=1S/C26H23N3O6/c30-24(29-12-13-34-15-22(29)25(31)32)21-10-5-11-23(27-21)28-26(33)35-14-20-18-8-3-1-6-16(18)17-7-2-4-9-19(17)20/h1-11,20,22H,12-15H2,(H,31,32)(H,27,28,33). The first kappa shape index (κ1) is 22.5. The number of carbonyl (C=O) groups is 3. The second-order valence-electron chi connectivity index (χ2n) is 8.29. The minimum Gasteiger partial charge on any atom is -0.480 e. The van der Waals surface area contributed by atoms with Crippen LogP contribution in [0.3, 0.4) is 0 Å². The molecule has 1 aliphatic heterocycles. The number of anilines is 1. The largest absolute Gasteiger partial charge is 0.480 e. The number of amides is 2. The Labute approximate surface area is 201 Å². The number of carboxylic acids is 1. The number of fused-ring (bicyclic) bond motifs is 3. The molecule has 1 atom stereocenters. The van der Waals surface area contributed by atoms with E-state index in [1.165, 1.54) is 17.0 Å². The number of aromatic nitrogens is 1. The van der Waals surface area contributed by atoms with Crippen LogP contribution in [0.1, 0.15) is 27.5 Å². The number of rotatable bonds is 5. The average molecular weight is 473 g/mol. The van der Waals surface area contributed by atoms with E-state index in [2.05, 4.69) is 22.4 Å². The molecule has 178 valence electrons. The quantitative estimate of drug-likeness (QED) is 0.583. The van der Waals surface area contributed by atoms with Crippen LogP contribution in [0.2, 0.25) is 0 Å². The minimum atomic E-state index is -1.15. The van der Waals surface area contributed by atoms with Crippen LogP contribution in [0, 0.1) is 0 Å². The predicted molar refractivity (Wildman–Crippen MR) is 126 cm³/mol. The molecule has 5 rings (SSSR count). The monoisotopic (exact) mass is 473 g/mol. The Balaban J connectivity index is 1.26. The van der Waals surface area contributed by atoms with Crippen molar-refractivity contribution in [2.45, 2.75) is 12.0 Å². The number of hydrogen-bond acceptors (Lipinski definition) is 6. The first-order valence-electron chi connectivity index (χ1n) is 11.2. The Kier molecular flexibility index (Phi) is 6.15. The van der Waals surface area contributed by atoms with Crippen LogP contribution in [0.15, 0.2) is 66.7 Å². The van der Waals surface area contributed by atoms with E-state index in [0.717, 1.165) is 22.3 Å². The number of ether oxygens (including phenoxy) is 2. The number of aliphatic carboxylic acids is 1. The number of morpholine rings is 1. The molecule has 2 heterocycles. The Morgan fingerprint density at radius 2 is 1.69 bits per heavy atom. The molecule has 1 saturated heterocycles. The normalized spacial score (nSPS) is 16.8. The molecular weight excluding hydrogens is 450 g/mol. The Bertz CT molecular complexity index is 1250. The lowest BCUT2D eigenvalue weighted by Crippen LogP contribution is -2.52. The van der Waals surface area contributed by atoms with Crippen molar-refractivity contribution in [2.24, 2.45) is 0 Å². The first-order chi connectivity index (χ1) is 17.0. The fraction of sp³-hybridized carbons (Fsp3) is 0.231. The molecule has 2 amide bonds. The number of nitrogens with zero attached hydrogens (tertiary/aromatic N) is 2. The molecule has 1 aliphatic carbocycles. The van der Waals surface area contributed by atoms with Gasteiger partial charge in [0.2, 0.25) is 0 Å². The Morgan fingerprint density at radius 3 is 2.37 bits per heavy atom. The molecule has 1 unspecified atom stereocenters. The van der Waals surface area contributed by atoms with Crippen molar-refractivity contribution in [2.75, 3.05) is 31.7 Å². The highest BCUT2D eigenvalue weighted by molar-refractivity contribution is 5.96. The highest BCUT2D eigenvalue weighted by atomic mass is 16.5. The van der Waals surface area contributed by atoms with Crippen LogP contribution in [0.25, 0.3) is 11.1 Å². The maximum atomic E-state index is 12.9. The van der Waals surface area contributed by atoms with Crippen molar-refractivity contribution < 1.29 is 29.0 Å². The second-order valence-corrected chi connectivity index (χ2v) is 8.29. The third-order valence-corrected chi connectivity index (χ3v) is 6.22. The van der Waals surface area contributed by atoms with Gasteiger partial charge in [0.05, 0.1) is 13.2 Å². The number of carboxylic acid groups (broad SMARTS) is 1. The third-order valence-electron chi connectivity index (χ3n) is 6.22. The lowest BCUT2D eigenvalue weighted by atomic mass is 9.98. The number of hydrogen-bond donors (Lipinski definition) is 2. The molecule has 2 aromatic carbocycles. The third kappa shape index (κ3) is 4.45. The van der Waals surface area contributed by atoms with E-state index in [9.17, 15) is 19.5 Å². The van der Waals surface area contributed by atoms with Crippen LogP contribution in [0.5, 0.6) is 0 Å². The van der Waals surface area contributed by atoms with E-state index in [-0.39, 0.29) is 43.8 Å². The van der Waals surface area contributed by atoms with Crippen LogP contribution in [0.4, 0.5) is 10.6 Å². The highest BCUT2D eigenvalue weighted by Crippen LogP contribution is 2.44. The maximum Gasteiger partial charge on any atom is 0.412 e. The summed E-state index contributed by atoms with van der Waals surface area (Å²) in [6.07, 6.45) is -0.696. The van der Waals surface area contributed by atoms with E-state index < -0.39 is 24.0 Å². The summed E-state index contributed by atoms with van der Waals surface area (Å²) in [5, 5.41) is 11.9. The molecule has 9 nitrogen and oxygen atoms in total. The van der Waals surface area contributed by atoms with Crippen LogP contribution in [-0.4, -0.2) is 65.4 Å². The lowest BCUT2D eigenvalue weighted by Gasteiger charge is -2.32. The summed E-state index contributed by atoms with van der Waals surface area (Å²) in [5.41, 5.74) is 4.49. The fourth-order valence-electron chi connectivity index (χ4n) is 4.56. The van der Waals surface area contributed by atoms with Crippen LogP contribution < -0.4 is 5.32 Å². The minimum absolute atomic E-state index is 0.0228. The van der Waals surface area contributed by atoms with Crippen molar-refractivity contribution >= 4 is 23.8 Å². The topological polar surface area (TPSA) is 118 Å².